The number of halogens is 1. The smallest absolute Gasteiger partial charge is 0.306 e. The number of anilines is 1. The molecule has 1 amide bonds. The monoisotopic (exact) mass is 330 g/mol. The molecule has 0 bridgehead atoms. The van der Waals surface area contributed by atoms with E-state index >= 15 is 0 Å². The summed E-state index contributed by atoms with van der Waals surface area (Å²) in [6.45, 7) is 0.263. The number of amides is 1. The van der Waals surface area contributed by atoms with Crippen LogP contribution in [0.25, 0.3) is 0 Å². The number of ether oxygens (including phenoxy) is 1. The third-order valence-electron chi connectivity index (χ3n) is 2.52. The summed E-state index contributed by atoms with van der Waals surface area (Å²) in [6, 6.07) is 5.15. The van der Waals surface area contributed by atoms with Gasteiger partial charge >= 0.3 is 5.97 Å². The first-order chi connectivity index (χ1) is 8.95. The van der Waals surface area contributed by atoms with Crippen molar-refractivity contribution in [3.8, 4) is 0 Å². The summed E-state index contributed by atoms with van der Waals surface area (Å²) in [5.74, 6) is -1.51. The summed E-state index contributed by atoms with van der Waals surface area (Å²) < 4.78 is 5.62. The number of carbonyl (C=O) groups is 2. The summed E-state index contributed by atoms with van der Waals surface area (Å²) in [4.78, 5) is 22.0. The summed E-state index contributed by atoms with van der Waals surface area (Å²) >= 11 is 3.25. The molecule has 4 N–H and O–H groups in total. The Morgan fingerprint density at radius 3 is 2.74 bits per heavy atom. The van der Waals surface area contributed by atoms with Crippen molar-refractivity contribution in [1.29, 1.82) is 0 Å². The third kappa shape index (κ3) is 4.53. The molecule has 1 unspecified atom stereocenters. The zero-order valence-corrected chi connectivity index (χ0v) is 11.9. The largest absolute Gasteiger partial charge is 0.481 e. The second-order valence-electron chi connectivity index (χ2n) is 3.86. The summed E-state index contributed by atoms with van der Waals surface area (Å²) in [5.41, 5.74) is 6.16. The van der Waals surface area contributed by atoms with E-state index < -0.39 is 18.0 Å². The fourth-order valence-corrected chi connectivity index (χ4v) is 2.14. The minimum Gasteiger partial charge on any atom is -0.481 e. The molecule has 0 spiro atoms. The molecule has 0 aromatic heterocycles. The predicted octanol–water partition coefficient (Wildman–Crippen LogP) is 1.45. The van der Waals surface area contributed by atoms with Crippen LogP contribution in [0.4, 0.5) is 5.69 Å². The second-order valence-corrected chi connectivity index (χ2v) is 4.72. The Hall–Kier alpha value is -1.60. The Bertz CT molecular complexity index is 479. The zero-order valence-electron chi connectivity index (χ0n) is 10.4. The van der Waals surface area contributed by atoms with E-state index in [1.54, 1.807) is 18.2 Å². The highest BCUT2D eigenvalue weighted by atomic mass is 79.9. The number of carboxylic acids is 1. The van der Waals surface area contributed by atoms with Gasteiger partial charge in [0.25, 0.3) is 5.91 Å². The number of nitrogens with one attached hydrogen (secondary N) is 1. The Balaban J connectivity index is 2.79. The Labute approximate surface area is 119 Å². The van der Waals surface area contributed by atoms with Gasteiger partial charge in [0.2, 0.25) is 0 Å². The molecule has 6 nitrogen and oxygen atoms in total. The molecule has 0 aliphatic rings. The minimum absolute atomic E-state index is 0.122. The van der Waals surface area contributed by atoms with Gasteiger partial charge in [0, 0.05) is 23.8 Å². The van der Waals surface area contributed by atoms with E-state index in [4.69, 9.17) is 15.6 Å². The highest BCUT2D eigenvalue weighted by Gasteiger charge is 2.15. The van der Waals surface area contributed by atoms with E-state index in [-0.39, 0.29) is 13.0 Å². The lowest BCUT2D eigenvalue weighted by molar-refractivity contribution is -0.139. The van der Waals surface area contributed by atoms with Gasteiger partial charge in [-0.2, -0.15) is 0 Å². The van der Waals surface area contributed by atoms with Crippen LogP contribution in [0, 0.1) is 0 Å². The van der Waals surface area contributed by atoms with Crippen molar-refractivity contribution in [2.24, 2.45) is 5.73 Å². The number of hydrogen-bond donors (Lipinski definition) is 3. The fraction of sp³-hybridized carbons (Fsp3) is 0.333. The van der Waals surface area contributed by atoms with Gasteiger partial charge in [-0.15, -0.1) is 0 Å². The molecule has 7 heteroatoms. The second kappa shape index (κ2) is 7.10. The molecule has 19 heavy (non-hydrogen) atoms. The average Bonchev–Trinajstić information content (AvgIpc) is 2.33. The highest BCUT2D eigenvalue weighted by Crippen LogP contribution is 2.24. The molecular formula is C12H15BrN2O4. The van der Waals surface area contributed by atoms with Crippen LogP contribution in [0.2, 0.25) is 0 Å². The maximum Gasteiger partial charge on any atom is 0.306 e. The molecule has 1 aromatic carbocycles. The molecule has 0 radical (unpaired) electrons. The number of methoxy groups -OCH3 is 1. The van der Waals surface area contributed by atoms with Gasteiger partial charge in [0.15, 0.2) is 0 Å². The maximum atomic E-state index is 11.4. The molecule has 0 saturated heterocycles. The number of carboxylic acid groups (broad SMARTS) is 1. The number of nitrogens with two attached hydrogens (primary N) is 1. The quantitative estimate of drug-likeness (QED) is 0.702. The molecule has 1 aromatic rings. The van der Waals surface area contributed by atoms with Gasteiger partial charge < -0.3 is 20.9 Å². The molecule has 1 rings (SSSR count). The van der Waals surface area contributed by atoms with Gasteiger partial charge in [-0.25, -0.2) is 0 Å². The zero-order chi connectivity index (χ0) is 14.4. The van der Waals surface area contributed by atoms with Crippen LogP contribution < -0.4 is 11.1 Å². The van der Waals surface area contributed by atoms with Gasteiger partial charge in [-0.3, -0.25) is 9.59 Å². The van der Waals surface area contributed by atoms with Crippen LogP contribution >= 0.6 is 15.9 Å². The summed E-state index contributed by atoms with van der Waals surface area (Å²) in [6.07, 6.45) is -0.610. The first-order valence-electron chi connectivity index (χ1n) is 5.52. The van der Waals surface area contributed by atoms with E-state index in [0.717, 1.165) is 0 Å². The van der Waals surface area contributed by atoms with Crippen LogP contribution in [-0.4, -0.2) is 36.7 Å². The van der Waals surface area contributed by atoms with E-state index in [1.807, 2.05) is 0 Å². The van der Waals surface area contributed by atoms with Gasteiger partial charge in [0.05, 0.1) is 18.1 Å². The third-order valence-corrected chi connectivity index (χ3v) is 3.18. The average molecular weight is 331 g/mol. The van der Waals surface area contributed by atoms with Crippen molar-refractivity contribution in [2.75, 3.05) is 19.0 Å². The molecule has 0 aliphatic heterocycles. The lowest BCUT2D eigenvalue weighted by Gasteiger charge is -2.16. The Morgan fingerprint density at radius 1 is 1.53 bits per heavy atom. The molecule has 0 fully saturated rings. The molecule has 0 aliphatic carbocycles. The van der Waals surface area contributed by atoms with Gasteiger partial charge in [-0.05, 0) is 28.1 Å². The molecule has 1 atom stereocenters. The van der Waals surface area contributed by atoms with Crippen molar-refractivity contribution in [3.05, 3.63) is 28.2 Å². The minimum atomic E-state index is -0.946. The van der Waals surface area contributed by atoms with Gasteiger partial charge in [0.1, 0.15) is 0 Å². The lowest BCUT2D eigenvalue weighted by atomic mass is 10.1. The lowest BCUT2D eigenvalue weighted by Crippen LogP contribution is -2.26. The molecule has 0 heterocycles. The topological polar surface area (TPSA) is 102 Å². The van der Waals surface area contributed by atoms with Crippen molar-refractivity contribution < 1.29 is 19.4 Å². The van der Waals surface area contributed by atoms with E-state index in [0.29, 0.717) is 15.7 Å². The maximum absolute atomic E-state index is 11.4. The van der Waals surface area contributed by atoms with Gasteiger partial charge in [-0.1, -0.05) is 6.07 Å². The van der Waals surface area contributed by atoms with E-state index in [9.17, 15) is 9.59 Å². The molecule has 104 valence electrons. The number of rotatable bonds is 7. The van der Waals surface area contributed by atoms with Crippen molar-refractivity contribution in [1.82, 2.24) is 0 Å². The van der Waals surface area contributed by atoms with Crippen molar-refractivity contribution in [2.45, 2.75) is 12.5 Å². The summed E-state index contributed by atoms with van der Waals surface area (Å²) in [5, 5.41) is 11.7. The number of benzene rings is 1. The van der Waals surface area contributed by atoms with Crippen LogP contribution in [0.3, 0.4) is 0 Å². The molecule has 0 saturated carbocycles. The fourth-order valence-electron chi connectivity index (χ4n) is 1.58. The Kier molecular flexibility index (Phi) is 5.78. The van der Waals surface area contributed by atoms with Crippen molar-refractivity contribution in [3.63, 3.8) is 0 Å². The first-order valence-corrected chi connectivity index (χ1v) is 6.31. The first kappa shape index (κ1) is 15.5. The standard InChI is InChI=1S/C12H15BrN2O4/c1-19-7(5-10(16)17)6-15-9-4-2-3-8(13)11(9)12(14)18/h2-4,7,15H,5-6H2,1H3,(H2,14,18)(H,16,17). The SMILES string of the molecule is COC(CNc1cccc(Br)c1C(N)=O)CC(=O)O. The summed E-state index contributed by atoms with van der Waals surface area (Å²) in [7, 11) is 1.44. The normalized spacial score (nSPS) is 11.9. The number of aliphatic carboxylic acids is 1. The molecular weight excluding hydrogens is 316 g/mol. The Morgan fingerprint density at radius 2 is 2.21 bits per heavy atom. The number of hydrogen-bond acceptors (Lipinski definition) is 4. The van der Waals surface area contributed by atoms with Crippen molar-refractivity contribution >= 4 is 33.5 Å². The van der Waals surface area contributed by atoms with E-state index in [1.165, 1.54) is 7.11 Å². The van der Waals surface area contributed by atoms with E-state index in [2.05, 4.69) is 21.2 Å². The van der Waals surface area contributed by atoms with Crippen LogP contribution in [0.15, 0.2) is 22.7 Å². The number of primary amides is 1. The van der Waals surface area contributed by atoms with Crippen LogP contribution in [-0.2, 0) is 9.53 Å². The number of carbonyl (C=O) groups excluding carboxylic acids is 1. The highest BCUT2D eigenvalue weighted by molar-refractivity contribution is 9.10. The van der Waals surface area contributed by atoms with Crippen LogP contribution in [0.5, 0.6) is 0 Å². The predicted molar refractivity (Wildman–Crippen MR) is 74.2 cm³/mol. The van der Waals surface area contributed by atoms with Crippen LogP contribution in [0.1, 0.15) is 16.8 Å².